The second kappa shape index (κ2) is 11.5. The van der Waals surface area contributed by atoms with E-state index in [1.54, 1.807) is 6.07 Å². The minimum atomic E-state index is -2.65. The highest BCUT2D eigenvalue weighted by molar-refractivity contribution is 6.00. The van der Waals surface area contributed by atoms with Gasteiger partial charge in [-0.25, -0.2) is 0 Å². The lowest BCUT2D eigenvalue weighted by molar-refractivity contribution is -0.301. The third-order valence-electron chi connectivity index (χ3n) is 8.87. The van der Waals surface area contributed by atoms with Crippen molar-refractivity contribution in [3.05, 3.63) is 51.2 Å². The molecule has 8 unspecified atom stereocenters. The van der Waals surface area contributed by atoms with Gasteiger partial charge in [0.25, 0.3) is 0 Å². The number of ether oxygens (including phenoxy) is 2. The summed E-state index contributed by atoms with van der Waals surface area (Å²) in [6.45, 7) is -1.40. The molecule has 4 bridgehead atoms. The Hall–Kier alpha value is -3.50. The number of carbonyl (C=O) groups excluding carboxylic acids is 1. The predicted molar refractivity (Wildman–Crippen MR) is 143 cm³/mol. The summed E-state index contributed by atoms with van der Waals surface area (Å²) in [6.07, 6.45) is -10.5. The van der Waals surface area contributed by atoms with Crippen molar-refractivity contribution in [2.45, 2.75) is 68.4 Å². The van der Waals surface area contributed by atoms with Crippen LogP contribution in [0.4, 0.5) is 0 Å². The van der Waals surface area contributed by atoms with E-state index in [1.165, 1.54) is 18.2 Å². The highest BCUT2D eigenvalue weighted by atomic mass is 16.7. The van der Waals surface area contributed by atoms with Crippen molar-refractivity contribution in [2.75, 3.05) is 13.2 Å². The molecular weight excluding hydrogens is 572 g/mol. The summed E-state index contributed by atoms with van der Waals surface area (Å²) >= 11 is 0. The fourth-order valence-corrected chi connectivity index (χ4v) is 6.46. The molecule has 0 spiro atoms. The molecule has 1 saturated carbocycles. The second-order valence-electron chi connectivity index (χ2n) is 11.5. The molecule has 0 radical (unpaired) electrons. The monoisotopic (exact) mass is 604 g/mol. The van der Waals surface area contributed by atoms with Gasteiger partial charge < -0.3 is 50.3 Å². The van der Waals surface area contributed by atoms with Crippen molar-refractivity contribution >= 4 is 28.5 Å². The van der Waals surface area contributed by atoms with Gasteiger partial charge >= 0.3 is 11.9 Å². The average Bonchev–Trinajstić information content (AvgIpc) is 3.16. The van der Waals surface area contributed by atoms with Crippen LogP contribution in [0.15, 0.2) is 29.1 Å². The SMILES string of the molecule is O=C1C2Cc3cc(CC(CCOC4OC(CO)C(O)C(O)C4O)(C(=O)O)C(=O)O)c(=O)c4c(O)ccc(c4c3)C1C(O)C2. The number of phenolic OH excluding ortho intramolecular Hbond substituents is 1. The minimum Gasteiger partial charge on any atom is -0.507 e. The number of carbonyl (C=O) groups is 3. The zero-order chi connectivity index (χ0) is 31.4. The number of hydrogen-bond acceptors (Lipinski definition) is 12. The van der Waals surface area contributed by atoms with Crippen LogP contribution >= 0.6 is 0 Å². The Labute approximate surface area is 243 Å². The summed E-state index contributed by atoms with van der Waals surface area (Å²) in [5, 5.41) is 81.1. The zero-order valence-electron chi connectivity index (χ0n) is 22.7. The van der Waals surface area contributed by atoms with E-state index in [4.69, 9.17) is 9.47 Å². The molecule has 8 N–H and O–H groups in total. The Morgan fingerprint density at radius 1 is 1.00 bits per heavy atom. The molecule has 2 aromatic carbocycles. The van der Waals surface area contributed by atoms with Crippen LogP contribution < -0.4 is 5.43 Å². The van der Waals surface area contributed by atoms with E-state index in [1.807, 2.05) is 0 Å². The smallest absolute Gasteiger partial charge is 0.321 e. The molecule has 2 fully saturated rings. The third-order valence-corrected chi connectivity index (χ3v) is 8.87. The molecule has 0 aromatic heterocycles. The standard InChI is InChI=1S/C29H32O14/c30-10-18-23(35)24(36)25(37)26(43-18)42-4-3-29(27(38)39,28(40)41)9-13-6-11-5-12-8-17(32)19(21(12)33)14-1-2-16(31)20(22(13)34)15(14)7-11/h1-2,6-7,12,17-19,23-26,30-32,35-37H,3-5,8-10H2,(H,38,39)(H,40,41). The van der Waals surface area contributed by atoms with Gasteiger partial charge in [-0.1, -0.05) is 18.2 Å². The van der Waals surface area contributed by atoms with E-state index in [0.29, 0.717) is 11.1 Å². The van der Waals surface area contributed by atoms with E-state index in [2.05, 4.69) is 0 Å². The topological polar surface area (TPSA) is 249 Å². The molecule has 14 heteroatoms. The van der Waals surface area contributed by atoms with Gasteiger partial charge in [0.05, 0.1) is 30.6 Å². The molecule has 2 aliphatic carbocycles. The fraction of sp³-hybridized carbons (Fsp3) is 0.517. The highest BCUT2D eigenvalue weighted by Crippen LogP contribution is 2.43. The quantitative estimate of drug-likeness (QED) is 0.150. The number of aliphatic hydroxyl groups is 5. The van der Waals surface area contributed by atoms with Crippen molar-refractivity contribution < 1.29 is 64.7 Å². The molecule has 1 saturated heterocycles. The van der Waals surface area contributed by atoms with E-state index < -0.39 is 103 Å². The number of phenols is 1. The van der Waals surface area contributed by atoms with Gasteiger partial charge in [0.2, 0.25) is 0 Å². The van der Waals surface area contributed by atoms with Gasteiger partial charge in [-0.15, -0.1) is 0 Å². The number of aliphatic hydroxyl groups excluding tert-OH is 5. The molecule has 1 aliphatic heterocycles. The Bertz CT molecular complexity index is 1500. The van der Waals surface area contributed by atoms with Crippen molar-refractivity contribution in [1.82, 2.24) is 0 Å². The van der Waals surface area contributed by atoms with E-state index >= 15 is 0 Å². The largest absolute Gasteiger partial charge is 0.507 e. The number of aromatic hydroxyl groups is 1. The molecule has 232 valence electrons. The Balaban J connectivity index is 1.53. The molecule has 2 aromatic rings. The van der Waals surface area contributed by atoms with Gasteiger partial charge in [0, 0.05) is 17.9 Å². The van der Waals surface area contributed by atoms with Crippen LogP contribution in [0.1, 0.15) is 35.4 Å². The lowest BCUT2D eigenvalue weighted by atomic mass is 9.78. The number of fused-ring (bicyclic) bond motifs is 4. The summed E-state index contributed by atoms with van der Waals surface area (Å²) in [4.78, 5) is 52.1. The predicted octanol–water partition coefficient (Wildman–Crippen LogP) is -1.60. The number of benzene rings is 1. The first-order valence-electron chi connectivity index (χ1n) is 13.7. The van der Waals surface area contributed by atoms with Crippen LogP contribution in [0.2, 0.25) is 0 Å². The van der Waals surface area contributed by atoms with Crippen LogP contribution in [-0.2, 0) is 36.7 Å². The van der Waals surface area contributed by atoms with Crippen LogP contribution in [0, 0.1) is 11.3 Å². The van der Waals surface area contributed by atoms with Gasteiger partial charge in [-0.3, -0.25) is 19.2 Å². The van der Waals surface area contributed by atoms with E-state index in [0.717, 1.165) is 0 Å². The first-order chi connectivity index (χ1) is 20.3. The maximum absolute atomic E-state index is 13.8. The summed E-state index contributed by atoms with van der Waals surface area (Å²) in [5.41, 5.74) is -2.99. The lowest BCUT2D eigenvalue weighted by Crippen LogP contribution is -2.59. The molecule has 43 heavy (non-hydrogen) atoms. The highest BCUT2D eigenvalue weighted by Gasteiger charge is 2.49. The number of hydrogen-bond donors (Lipinski definition) is 8. The van der Waals surface area contributed by atoms with Crippen molar-refractivity contribution in [3.63, 3.8) is 0 Å². The molecule has 0 amide bonds. The van der Waals surface area contributed by atoms with Crippen molar-refractivity contribution in [3.8, 4) is 5.75 Å². The summed E-state index contributed by atoms with van der Waals surface area (Å²) < 4.78 is 10.6. The maximum atomic E-state index is 13.8. The first-order valence-corrected chi connectivity index (χ1v) is 13.7. The number of carboxylic acid groups (broad SMARTS) is 2. The van der Waals surface area contributed by atoms with E-state index in [-0.39, 0.29) is 35.0 Å². The molecule has 5 rings (SSSR count). The minimum absolute atomic E-state index is 0.102. The number of ketones is 1. The molecule has 1 heterocycles. The Morgan fingerprint density at radius 2 is 1.70 bits per heavy atom. The van der Waals surface area contributed by atoms with Gasteiger partial charge in [0.1, 0.15) is 35.9 Å². The van der Waals surface area contributed by atoms with Crippen molar-refractivity contribution in [2.24, 2.45) is 11.3 Å². The number of Topliss-reactive ketones (excluding diaryl/α,β-unsaturated/α-hetero) is 1. The van der Waals surface area contributed by atoms with Crippen LogP contribution in [0.3, 0.4) is 0 Å². The number of rotatable bonds is 9. The number of aliphatic carboxylic acids is 2. The van der Waals surface area contributed by atoms with Crippen LogP contribution in [-0.4, -0.2) is 109 Å². The molecule has 8 atom stereocenters. The summed E-state index contributed by atoms with van der Waals surface area (Å²) in [6, 6.07) is 5.57. The van der Waals surface area contributed by atoms with Gasteiger partial charge in [-0.2, -0.15) is 0 Å². The van der Waals surface area contributed by atoms with Crippen LogP contribution in [0.25, 0.3) is 10.8 Å². The molecule has 14 nitrogen and oxygen atoms in total. The van der Waals surface area contributed by atoms with Gasteiger partial charge in [-0.05, 0) is 41.8 Å². The number of carboxylic acids is 2. The maximum Gasteiger partial charge on any atom is 0.321 e. The van der Waals surface area contributed by atoms with Gasteiger partial charge in [0.15, 0.2) is 17.1 Å². The lowest BCUT2D eigenvalue weighted by Gasteiger charge is -2.39. The summed E-state index contributed by atoms with van der Waals surface area (Å²) in [5.74, 6) is -5.80. The Morgan fingerprint density at radius 3 is 2.35 bits per heavy atom. The normalized spacial score (nSPS) is 30.3. The van der Waals surface area contributed by atoms with E-state index in [9.17, 15) is 60.0 Å². The zero-order valence-corrected chi connectivity index (χ0v) is 22.7. The third kappa shape index (κ3) is 5.18. The van der Waals surface area contributed by atoms with Crippen molar-refractivity contribution in [1.29, 1.82) is 0 Å². The van der Waals surface area contributed by atoms with Crippen LogP contribution in [0.5, 0.6) is 5.75 Å². The molecule has 3 aliphatic rings. The summed E-state index contributed by atoms with van der Waals surface area (Å²) in [7, 11) is 0. The second-order valence-corrected chi connectivity index (χ2v) is 11.5. The Kier molecular flexibility index (Phi) is 8.30. The fourth-order valence-electron chi connectivity index (χ4n) is 6.46. The average molecular weight is 605 g/mol. The first kappa shape index (κ1) is 30.9. The molecular formula is C29H32O14.